The third kappa shape index (κ3) is 1.85. The molecule has 2 amide bonds. The molecule has 0 aliphatic carbocycles. The number of hydrogen-bond donors (Lipinski definition) is 3. The van der Waals surface area contributed by atoms with Crippen molar-refractivity contribution in [3.05, 3.63) is 59.2 Å². The average molecular weight is 490 g/mol. The molecule has 9 rings (SSSR count). The van der Waals surface area contributed by atoms with Gasteiger partial charge >= 0.3 is 0 Å². The first-order valence-corrected chi connectivity index (χ1v) is 11.4. The maximum Gasteiger partial charge on any atom is 0.264 e. The first kappa shape index (κ1) is 19.4. The fourth-order valence-corrected chi connectivity index (χ4v) is 6.80. The number of nitrogens with one attached hydrogen (secondary N) is 1. The second-order valence-electron chi connectivity index (χ2n) is 9.83. The maximum atomic E-state index is 14.6. The van der Waals surface area contributed by atoms with Crippen molar-refractivity contribution in [1.29, 1.82) is 0 Å². The molecule has 1 aromatic heterocycles. The lowest BCUT2D eigenvalue weighted by molar-refractivity contribution is -0.228. The summed E-state index contributed by atoms with van der Waals surface area (Å²) in [6.45, 7) is 0. The van der Waals surface area contributed by atoms with Crippen molar-refractivity contribution in [3.63, 3.8) is 0 Å². The van der Waals surface area contributed by atoms with Crippen molar-refractivity contribution in [2.24, 2.45) is 0 Å². The smallest absolute Gasteiger partial charge is 0.264 e. The molecule has 5 aliphatic heterocycles. The molecule has 4 aromatic rings. The van der Waals surface area contributed by atoms with E-state index in [2.05, 4.69) is 5.32 Å². The van der Waals surface area contributed by atoms with Crippen LogP contribution in [0, 0.1) is 11.6 Å². The number of aromatic nitrogens is 1. The number of carbonyl (C=O) groups excluding carboxylic acids is 2. The zero-order valence-corrected chi connectivity index (χ0v) is 18.0. The van der Waals surface area contributed by atoms with E-state index in [0.29, 0.717) is 27.4 Å². The SMILES string of the molecule is O=C1NC(=O)c2c1c1c3c4c2c2ccc(F)cc2n4[C@@H]2O[C@@H]([C@H]4O[C@H]4[C@H]2O)[N+]3(O)c2cc(F)ccc2-1. The van der Waals surface area contributed by atoms with Gasteiger partial charge in [-0.15, -0.1) is 0 Å². The number of fused-ring (bicyclic) bond motifs is 15. The lowest BCUT2D eigenvalue weighted by Gasteiger charge is -2.36. The summed E-state index contributed by atoms with van der Waals surface area (Å²) in [7, 11) is 0. The Morgan fingerprint density at radius 1 is 0.944 bits per heavy atom. The minimum absolute atomic E-state index is 0.0537. The third-order valence-electron chi connectivity index (χ3n) is 8.17. The molecule has 5 aliphatic rings. The fourth-order valence-electron chi connectivity index (χ4n) is 6.80. The molecule has 2 bridgehead atoms. The summed E-state index contributed by atoms with van der Waals surface area (Å²) < 4.78 is 41.7. The van der Waals surface area contributed by atoms with Crippen molar-refractivity contribution >= 4 is 45.0 Å². The molecule has 36 heavy (non-hydrogen) atoms. The van der Waals surface area contributed by atoms with E-state index in [4.69, 9.17) is 9.47 Å². The van der Waals surface area contributed by atoms with E-state index < -0.39 is 58.9 Å². The van der Waals surface area contributed by atoms with E-state index in [1.54, 1.807) is 4.57 Å². The van der Waals surface area contributed by atoms with Crippen LogP contribution in [0.25, 0.3) is 32.9 Å². The molecule has 3 aromatic carbocycles. The van der Waals surface area contributed by atoms with Crippen LogP contribution >= 0.6 is 0 Å². The summed E-state index contributed by atoms with van der Waals surface area (Å²) >= 11 is 0. The Bertz CT molecular complexity index is 1820. The number of benzene rings is 3. The van der Waals surface area contributed by atoms with Crippen molar-refractivity contribution in [1.82, 2.24) is 14.5 Å². The molecule has 11 heteroatoms. The lowest BCUT2D eigenvalue weighted by Crippen LogP contribution is -2.57. The Morgan fingerprint density at radius 2 is 1.69 bits per heavy atom. The van der Waals surface area contributed by atoms with Crippen molar-refractivity contribution in [2.75, 3.05) is 0 Å². The van der Waals surface area contributed by atoms with Gasteiger partial charge < -0.3 is 14.4 Å². The molecule has 2 saturated heterocycles. The van der Waals surface area contributed by atoms with Gasteiger partial charge in [0.15, 0.2) is 18.0 Å². The largest absolute Gasteiger partial charge is 0.386 e. The summed E-state index contributed by atoms with van der Waals surface area (Å²) in [5.74, 6) is -2.46. The number of rotatable bonds is 0. The van der Waals surface area contributed by atoms with Gasteiger partial charge in [0.05, 0.1) is 27.8 Å². The molecular formula is C25H14F2N3O6+. The Labute approximate surface area is 199 Å². The van der Waals surface area contributed by atoms with Crippen LogP contribution in [0.15, 0.2) is 36.4 Å². The Kier molecular flexibility index (Phi) is 3.05. The number of epoxide rings is 1. The molecule has 6 heterocycles. The number of amides is 2. The highest BCUT2D eigenvalue weighted by Crippen LogP contribution is 2.64. The molecule has 0 saturated carbocycles. The molecule has 0 spiro atoms. The van der Waals surface area contributed by atoms with Gasteiger partial charge in [-0.1, -0.05) is 4.65 Å². The number of carbonyl (C=O) groups is 2. The zero-order chi connectivity index (χ0) is 24.4. The molecule has 178 valence electrons. The van der Waals surface area contributed by atoms with Gasteiger partial charge in [0, 0.05) is 16.8 Å². The van der Waals surface area contributed by atoms with Gasteiger partial charge in [-0.25, -0.2) is 14.0 Å². The Hall–Kier alpha value is -3.74. The fraction of sp³-hybridized carbons (Fsp3) is 0.200. The van der Waals surface area contributed by atoms with Gasteiger partial charge in [0.25, 0.3) is 18.0 Å². The number of quaternary nitrogens is 1. The predicted octanol–water partition coefficient (Wildman–Crippen LogP) is 2.96. The molecule has 2 fully saturated rings. The van der Waals surface area contributed by atoms with Crippen LogP contribution in [0.4, 0.5) is 20.2 Å². The normalized spacial score (nSPS) is 32.4. The Balaban J connectivity index is 1.61. The van der Waals surface area contributed by atoms with E-state index in [0.717, 1.165) is 0 Å². The molecule has 6 atom stereocenters. The first-order chi connectivity index (χ1) is 17.3. The van der Waals surface area contributed by atoms with E-state index in [-0.39, 0.29) is 28.1 Å². The standard InChI is InChI=1S/C25H13F2N3O6/c26-7-1-3-9-11(5-7)29-17-13(9)15-16(23(33)28-22(15)32)14-10-4-2-8(27)6-12(10)30(34,18(14)17)25-21-20(35-21)19(31)24(29)36-25/h1-6,19-21,24-25,31,34H/p+1/t19-,20+,21+,24-,25+,30?/m1/s1. The number of ether oxygens (including phenoxy) is 2. The lowest BCUT2D eigenvalue weighted by atomic mass is 9.92. The third-order valence-corrected chi connectivity index (χ3v) is 8.17. The van der Waals surface area contributed by atoms with Gasteiger partial charge in [-0.05, 0) is 30.3 Å². The van der Waals surface area contributed by atoms with Crippen LogP contribution < -0.4 is 9.96 Å². The Morgan fingerprint density at radius 3 is 2.53 bits per heavy atom. The highest BCUT2D eigenvalue weighted by atomic mass is 19.1. The van der Waals surface area contributed by atoms with Crippen LogP contribution in [0.1, 0.15) is 26.9 Å². The van der Waals surface area contributed by atoms with Crippen LogP contribution in [0.5, 0.6) is 0 Å². The van der Waals surface area contributed by atoms with Gasteiger partial charge in [0.2, 0.25) is 5.69 Å². The molecule has 9 nitrogen and oxygen atoms in total. The average Bonchev–Trinajstić information content (AvgIpc) is 3.46. The number of hydrogen-bond acceptors (Lipinski definition) is 6. The number of hydroxylamine groups is 1. The van der Waals surface area contributed by atoms with Gasteiger partial charge in [-0.2, -0.15) is 0 Å². The summed E-state index contributed by atoms with van der Waals surface area (Å²) in [4.78, 5) is 26.3. The highest BCUT2D eigenvalue weighted by Gasteiger charge is 2.71. The van der Waals surface area contributed by atoms with E-state index in [1.165, 1.54) is 36.4 Å². The quantitative estimate of drug-likeness (QED) is 0.199. The first-order valence-electron chi connectivity index (χ1n) is 11.4. The van der Waals surface area contributed by atoms with Crippen LogP contribution in [0.3, 0.4) is 0 Å². The summed E-state index contributed by atoms with van der Waals surface area (Å²) in [5, 5.41) is 26.7. The van der Waals surface area contributed by atoms with Crippen molar-refractivity contribution in [3.8, 4) is 11.1 Å². The summed E-state index contributed by atoms with van der Waals surface area (Å²) in [5.41, 5.74) is 1.70. The molecule has 3 N–H and O–H groups in total. The second-order valence-corrected chi connectivity index (χ2v) is 9.83. The van der Waals surface area contributed by atoms with Gasteiger partial charge in [-0.3, -0.25) is 19.6 Å². The topological polar surface area (TPSA) is 113 Å². The summed E-state index contributed by atoms with van der Waals surface area (Å²) in [6.07, 6.45) is -4.77. The van der Waals surface area contributed by atoms with Gasteiger partial charge in [0.1, 0.15) is 29.4 Å². The molecular weight excluding hydrogens is 476 g/mol. The molecule has 0 radical (unpaired) electrons. The number of imide groups is 1. The number of nitrogens with zero attached hydrogens (tertiary/aromatic N) is 2. The van der Waals surface area contributed by atoms with E-state index in [1.807, 2.05) is 0 Å². The minimum atomic E-state index is -1.16. The number of aliphatic hydroxyl groups excluding tert-OH is 1. The van der Waals surface area contributed by atoms with E-state index >= 15 is 0 Å². The summed E-state index contributed by atoms with van der Waals surface area (Å²) in [6, 6.07) is 7.82. The minimum Gasteiger partial charge on any atom is -0.386 e. The second kappa shape index (κ2) is 5.64. The van der Waals surface area contributed by atoms with E-state index in [9.17, 15) is 28.7 Å². The highest BCUT2D eigenvalue weighted by molar-refractivity contribution is 6.36. The predicted molar refractivity (Wildman–Crippen MR) is 118 cm³/mol. The number of halogens is 2. The van der Waals surface area contributed by atoms with Crippen LogP contribution in [-0.4, -0.2) is 51.2 Å². The van der Waals surface area contributed by atoms with Crippen LogP contribution in [0.2, 0.25) is 0 Å². The van der Waals surface area contributed by atoms with Crippen molar-refractivity contribution in [2.45, 2.75) is 30.8 Å². The van der Waals surface area contributed by atoms with Crippen LogP contribution in [-0.2, 0) is 9.47 Å². The monoisotopic (exact) mass is 490 g/mol. The number of aliphatic hydroxyl groups is 1. The maximum absolute atomic E-state index is 14.6. The molecule has 1 unspecified atom stereocenters. The van der Waals surface area contributed by atoms with Crippen molar-refractivity contribution < 1.29 is 38.2 Å². The zero-order valence-electron chi connectivity index (χ0n) is 18.0.